The summed E-state index contributed by atoms with van der Waals surface area (Å²) < 4.78 is 5.22. The molecule has 3 rings (SSSR count). The van der Waals surface area contributed by atoms with Crippen molar-refractivity contribution in [3.8, 4) is 0 Å². The van der Waals surface area contributed by atoms with E-state index in [1.54, 1.807) is 6.92 Å². The molecule has 8 nitrogen and oxygen atoms in total. The molecule has 1 N–H and O–H groups in total. The van der Waals surface area contributed by atoms with Crippen LogP contribution in [0.25, 0.3) is 0 Å². The molecule has 1 amide bonds. The van der Waals surface area contributed by atoms with E-state index in [1.807, 2.05) is 0 Å². The molecule has 0 aliphatic carbocycles. The van der Waals surface area contributed by atoms with Crippen LogP contribution in [0.5, 0.6) is 0 Å². The highest BCUT2D eigenvalue weighted by molar-refractivity contribution is 7.17. The van der Waals surface area contributed by atoms with Gasteiger partial charge in [0.05, 0.1) is 17.1 Å². The van der Waals surface area contributed by atoms with E-state index in [0.717, 1.165) is 23.5 Å². The van der Waals surface area contributed by atoms with Gasteiger partial charge in [0.15, 0.2) is 0 Å². The number of nitro benzene ring substituents is 1. The fourth-order valence-corrected chi connectivity index (χ4v) is 4.54. The third-order valence-electron chi connectivity index (χ3n) is 4.86. The molecule has 9 heteroatoms. The van der Waals surface area contributed by atoms with Crippen molar-refractivity contribution < 1.29 is 19.2 Å². The Hall–Kier alpha value is -2.78. The number of rotatable bonds is 6. The van der Waals surface area contributed by atoms with E-state index in [4.69, 9.17) is 4.74 Å². The summed E-state index contributed by atoms with van der Waals surface area (Å²) in [5.41, 5.74) is 1.55. The first kappa shape index (κ1) is 20.9. The molecule has 2 aromatic rings. The topological polar surface area (TPSA) is 102 Å². The number of benzene rings is 1. The maximum Gasteiger partial charge on any atom is 0.341 e. The van der Waals surface area contributed by atoms with Gasteiger partial charge in [-0.1, -0.05) is 0 Å². The lowest BCUT2D eigenvalue weighted by Gasteiger charge is -2.30. The van der Waals surface area contributed by atoms with Crippen LogP contribution in [0.1, 0.15) is 51.9 Å². The van der Waals surface area contributed by atoms with Gasteiger partial charge in [-0.05, 0) is 44.9 Å². The molecule has 154 valence electrons. The predicted octanol–water partition coefficient (Wildman–Crippen LogP) is 3.85. The Kier molecular flexibility index (Phi) is 6.29. The number of esters is 1. The Bertz CT molecular complexity index is 936. The summed E-state index contributed by atoms with van der Waals surface area (Å²) in [5.74, 6) is -0.869. The highest BCUT2D eigenvalue weighted by Crippen LogP contribution is 2.38. The predicted molar refractivity (Wildman–Crippen MR) is 111 cm³/mol. The number of amides is 1. The first-order chi connectivity index (χ1) is 13.8. The average Bonchev–Trinajstić information content (AvgIpc) is 3.05. The number of carbonyl (C=O) groups is 2. The number of carbonyl (C=O) groups excluding carboxylic acids is 2. The zero-order chi connectivity index (χ0) is 21.1. The summed E-state index contributed by atoms with van der Waals surface area (Å²) in [6.07, 6.45) is 0.714. The number of ether oxygens (including phenoxy) is 1. The molecule has 0 bridgehead atoms. The molecule has 0 fully saturated rings. The summed E-state index contributed by atoms with van der Waals surface area (Å²) in [7, 11) is 0. The average molecular weight is 417 g/mol. The van der Waals surface area contributed by atoms with Crippen LogP contribution in [0, 0.1) is 10.1 Å². The van der Waals surface area contributed by atoms with Crippen molar-refractivity contribution in [1.82, 2.24) is 4.90 Å². The minimum atomic E-state index is -0.520. The molecule has 0 unspecified atom stereocenters. The molecule has 1 aromatic heterocycles. The third-order valence-corrected chi connectivity index (χ3v) is 6.00. The van der Waals surface area contributed by atoms with Crippen LogP contribution >= 0.6 is 11.3 Å². The lowest BCUT2D eigenvalue weighted by molar-refractivity contribution is -0.384. The molecule has 29 heavy (non-hydrogen) atoms. The fourth-order valence-electron chi connectivity index (χ4n) is 3.28. The molecule has 2 heterocycles. The normalized spacial score (nSPS) is 13.8. The molecule has 0 saturated carbocycles. The van der Waals surface area contributed by atoms with E-state index >= 15 is 0 Å². The van der Waals surface area contributed by atoms with Gasteiger partial charge in [-0.2, -0.15) is 0 Å². The van der Waals surface area contributed by atoms with Gasteiger partial charge in [-0.15, -0.1) is 11.3 Å². The Morgan fingerprint density at radius 2 is 2.00 bits per heavy atom. The van der Waals surface area contributed by atoms with Crippen molar-refractivity contribution in [2.24, 2.45) is 0 Å². The lowest BCUT2D eigenvalue weighted by atomic mass is 10.0. The van der Waals surface area contributed by atoms with Gasteiger partial charge in [0, 0.05) is 41.7 Å². The minimum absolute atomic E-state index is 0.0888. The number of thiophene rings is 1. The number of nitrogens with zero attached hydrogens (tertiary/aromatic N) is 2. The van der Waals surface area contributed by atoms with E-state index < -0.39 is 16.8 Å². The van der Waals surface area contributed by atoms with E-state index in [0.29, 0.717) is 23.0 Å². The summed E-state index contributed by atoms with van der Waals surface area (Å²) in [4.78, 5) is 38.9. The first-order valence-corrected chi connectivity index (χ1v) is 10.2. The van der Waals surface area contributed by atoms with Crippen LogP contribution < -0.4 is 5.32 Å². The molecule has 1 aliphatic rings. The number of hydrogen-bond donors (Lipinski definition) is 1. The van der Waals surface area contributed by atoms with Crippen molar-refractivity contribution in [2.75, 3.05) is 18.5 Å². The number of anilines is 1. The van der Waals surface area contributed by atoms with Crippen LogP contribution in [0.3, 0.4) is 0 Å². The van der Waals surface area contributed by atoms with Crippen molar-refractivity contribution in [2.45, 2.75) is 39.8 Å². The molecule has 1 aromatic carbocycles. The van der Waals surface area contributed by atoms with Gasteiger partial charge >= 0.3 is 5.97 Å². The monoisotopic (exact) mass is 417 g/mol. The second-order valence-corrected chi connectivity index (χ2v) is 8.11. The van der Waals surface area contributed by atoms with E-state index in [-0.39, 0.29) is 17.9 Å². The molecular weight excluding hydrogens is 394 g/mol. The van der Waals surface area contributed by atoms with Gasteiger partial charge in [0.1, 0.15) is 5.00 Å². The van der Waals surface area contributed by atoms with E-state index in [9.17, 15) is 19.7 Å². The van der Waals surface area contributed by atoms with Gasteiger partial charge in [0.2, 0.25) is 0 Å². The van der Waals surface area contributed by atoms with Crippen molar-refractivity contribution in [3.05, 3.63) is 55.9 Å². The first-order valence-electron chi connectivity index (χ1n) is 9.43. The van der Waals surface area contributed by atoms with Crippen LogP contribution in [0.2, 0.25) is 0 Å². The largest absolute Gasteiger partial charge is 0.462 e. The van der Waals surface area contributed by atoms with E-state index in [2.05, 4.69) is 24.1 Å². The summed E-state index contributed by atoms with van der Waals surface area (Å²) in [6, 6.07) is 5.73. The summed E-state index contributed by atoms with van der Waals surface area (Å²) in [5, 5.41) is 14.1. The highest BCUT2D eigenvalue weighted by Gasteiger charge is 2.30. The molecule has 1 aliphatic heterocycles. The van der Waals surface area contributed by atoms with Crippen molar-refractivity contribution >= 4 is 33.9 Å². The number of fused-ring (bicyclic) bond motifs is 1. The molecule has 0 atom stereocenters. The number of nitro groups is 1. The van der Waals surface area contributed by atoms with Crippen molar-refractivity contribution in [3.63, 3.8) is 0 Å². The quantitative estimate of drug-likeness (QED) is 0.435. The van der Waals surface area contributed by atoms with Crippen LogP contribution in [0.4, 0.5) is 10.7 Å². The number of hydrogen-bond acceptors (Lipinski definition) is 7. The fraction of sp³-hybridized carbons (Fsp3) is 0.400. The second-order valence-electron chi connectivity index (χ2n) is 7.00. The van der Waals surface area contributed by atoms with Crippen molar-refractivity contribution in [1.29, 1.82) is 0 Å². The lowest BCUT2D eigenvalue weighted by Crippen LogP contribution is -2.35. The SMILES string of the molecule is CCOC(=O)c1c(NC(=O)c2ccc([N+](=O)[O-])cc2)sc2c1CCN(C(C)C)C2. The number of nitrogens with one attached hydrogen (secondary N) is 1. The highest BCUT2D eigenvalue weighted by atomic mass is 32.1. The summed E-state index contributed by atoms with van der Waals surface area (Å²) >= 11 is 1.39. The molecular formula is C20H23N3O5S. The molecule has 0 spiro atoms. The Morgan fingerprint density at radius 1 is 1.31 bits per heavy atom. The zero-order valence-electron chi connectivity index (χ0n) is 16.6. The Morgan fingerprint density at radius 3 is 2.59 bits per heavy atom. The standard InChI is InChI=1S/C20H23N3O5S/c1-4-28-20(25)17-15-9-10-22(12(2)3)11-16(15)29-19(17)21-18(24)13-5-7-14(8-6-13)23(26)27/h5-8,12H,4,9-11H2,1-3H3,(H,21,24). The van der Waals surface area contributed by atoms with E-state index in [1.165, 1.54) is 35.6 Å². The van der Waals surface area contributed by atoms with Crippen LogP contribution in [-0.2, 0) is 17.7 Å². The van der Waals surface area contributed by atoms with Crippen LogP contribution in [-0.4, -0.2) is 40.9 Å². The van der Waals surface area contributed by atoms with Gasteiger partial charge < -0.3 is 10.1 Å². The summed E-state index contributed by atoms with van der Waals surface area (Å²) in [6.45, 7) is 7.80. The van der Waals surface area contributed by atoms with Gasteiger partial charge in [-0.25, -0.2) is 4.79 Å². The second kappa shape index (κ2) is 8.71. The molecule has 0 saturated heterocycles. The smallest absolute Gasteiger partial charge is 0.341 e. The maximum atomic E-state index is 12.7. The van der Waals surface area contributed by atoms with Gasteiger partial charge in [0.25, 0.3) is 11.6 Å². The maximum absolute atomic E-state index is 12.7. The Labute approximate surface area is 172 Å². The Balaban J connectivity index is 1.90. The van der Waals surface area contributed by atoms with Gasteiger partial charge in [-0.3, -0.25) is 19.8 Å². The third kappa shape index (κ3) is 4.46. The number of non-ortho nitro benzene ring substituents is 1. The van der Waals surface area contributed by atoms with Crippen LogP contribution in [0.15, 0.2) is 24.3 Å². The molecule has 0 radical (unpaired) electrons. The minimum Gasteiger partial charge on any atom is -0.462 e. The zero-order valence-corrected chi connectivity index (χ0v) is 17.4.